The van der Waals surface area contributed by atoms with E-state index in [1.165, 1.54) is 6.07 Å². The lowest BCUT2D eigenvalue weighted by atomic mass is 10.3. The minimum Gasteiger partial charge on any atom is -0.395 e. The summed E-state index contributed by atoms with van der Waals surface area (Å²) in [5, 5.41) is 11.9. The van der Waals surface area contributed by atoms with E-state index < -0.39 is 0 Å². The van der Waals surface area contributed by atoms with Crippen molar-refractivity contribution in [2.75, 3.05) is 32.2 Å². The van der Waals surface area contributed by atoms with Crippen LogP contribution in [-0.2, 0) is 11.3 Å². The van der Waals surface area contributed by atoms with Gasteiger partial charge in [0.05, 0.1) is 13.2 Å². The number of ether oxygens (including phenoxy) is 1. The molecular formula is C11H18N2O3. The van der Waals surface area contributed by atoms with Crippen molar-refractivity contribution in [1.82, 2.24) is 4.57 Å². The molecule has 0 aliphatic heterocycles. The summed E-state index contributed by atoms with van der Waals surface area (Å²) in [5.41, 5.74) is 1.52. The Kier molecular flexibility index (Phi) is 5.01. The number of rotatable bonds is 6. The van der Waals surface area contributed by atoms with E-state index in [0.29, 0.717) is 19.7 Å². The molecule has 0 saturated heterocycles. The van der Waals surface area contributed by atoms with Crippen molar-refractivity contribution in [3.63, 3.8) is 0 Å². The van der Waals surface area contributed by atoms with Gasteiger partial charge in [0.2, 0.25) is 0 Å². The minimum atomic E-state index is -0.103. The van der Waals surface area contributed by atoms with Crippen molar-refractivity contribution in [1.29, 1.82) is 0 Å². The molecule has 16 heavy (non-hydrogen) atoms. The first kappa shape index (κ1) is 12.7. The fourth-order valence-electron chi connectivity index (χ4n) is 1.52. The molecule has 5 nitrogen and oxygen atoms in total. The van der Waals surface area contributed by atoms with Crippen molar-refractivity contribution >= 4 is 5.69 Å². The van der Waals surface area contributed by atoms with Crippen LogP contribution in [0.5, 0.6) is 0 Å². The summed E-state index contributed by atoms with van der Waals surface area (Å²) in [6.07, 6.45) is 0. The predicted molar refractivity (Wildman–Crippen MR) is 62.9 cm³/mol. The highest BCUT2D eigenvalue weighted by molar-refractivity contribution is 5.43. The number of aryl methyl sites for hydroxylation is 1. The second-order valence-electron chi connectivity index (χ2n) is 3.52. The molecule has 5 heteroatoms. The third kappa shape index (κ3) is 3.36. The number of nitrogens with one attached hydrogen (secondary N) is 1. The maximum atomic E-state index is 11.7. The van der Waals surface area contributed by atoms with Crippen molar-refractivity contribution in [3.05, 3.63) is 28.2 Å². The van der Waals surface area contributed by atoms with Gasteiger partial charge in [-0.3, -0.25) is 4.79 Å². The van der Waals surface area contributed by atoms with Gasteiger partial charge < -0.3 is 19.7 Å². The quantitative estimate of drug-likeness (QED) is 0.680. The second-order valence-corrected chi connectivity index (χ2v) is 3.52. The second kappa shape index (κ2) is 6.30. The fraction of sp³-hybridized carbons (Fsp3) is 0.545. The molecule has 1 rings (SSSR count). The largest absolute Gasteiger partial charge is 0.395 e. The average Bonchev–Trinajstić information content (AvgIpc) is 2.24. The Morgan fingerprint density at radius 3 is 2.81 bits per heavy atom. The number of aromatic nitrogens is 1. The van der Waals surface area contributed by atoms with Gasteiger partial charge in [-0.1, -0.05) is 0 Å². The summed E-state index contributed by atoms with van der Waals surface area (Å²) >= 11 is 0. The van der Waals surface area contributed by atoms with E-state index >= 15 is 0 Å². The highest BCUT2D eigenvalue weighted by Gasteiger charge is 2.02. The number of aliphatic hydroxyl groups excluding tert-OH is 1. The molecule has 0 saturated carbocycles. The summed E-state index contributed by atoms with van der Waals surface area (Å²) in [4.78, 5) is 11.7. The smallest absolute Gasteiger partial charge is 0.252 e. The first-order valence-corrected chi connectivity index (χ1v) is 5.24. The molecule has 0 fully saturated rings. The van der Waals surface area contributed by atoms with E-state index in [4.69, 9.17) is 9.84 Å². The molecule has 0 aliphatic carbocycles. The lowest BCUT2D eigenvalue weighted by molar-refractivity contribution is 0.211. The number of aliphatic hydroxyl groups is 1. The highest BCUT2D eigenvalue weighted by atomic mass is 16.5. The van der Waals surface area contributed by atoms with E-state index in [-0.39, 0.29) is 12.2 Å². The van der Waals surface area contributed by atoms with Gasteiger partial charge in [0, 0.05) is 37.6 Å². The molecule has 0 aromatic carbocycles. The summed E-state index contributed by atoms with van der Waals surface area (Å²) < 4.78 is 6.45. The molecule has 1 aromatic rings. The molecule has 2 N–H and O–H groups in total. The van der Waals surface area contributed by atoms with Gasteiger partial charge in [0.15, 0.2) is 0 Å². The maximum absolute atomic E-state index is 11.7. The van der Waals surface area contributed by atoms with Crippen LogP contribution in [0.3, 0.4) is 0 Å². The standard InChI is InChI=1S/C11H18N2O3/c1-9-7-10(12-3-6-16-2)8-11(15)13(9)4-5-14/h7-8,12,14H,3-6H2,1-2H3. The molecule has 0 spiro atoms. The topological polar surface area (TPSA) is 63.5 Å². The van der Waals surface area contributed by atoms with Crippen LogP contribution in [0, 0.1) is 6.92 Å². The number of pyridine rings is 1. The van der Waals surface area contributed by atoms with Gasteiger partial charge in [0.25, 0.3) is 5.56 Å². The minimum absolute atomic E-state index is 0.0306. The number of anilines is 1. The molecule has 90 valence electrons. The number of nitrogens with zero attached hydrogens (tertiary/aromatic N) is 1. The Hall–Kier alpha value is -1.33. The van der Waals surface area contributed by atoms with Crippen LogP contribution in [0.25, 0.3) is 0 Å². The summed E-state index contributed by atoms with van der Waals surface area (Å²) in [5.74, 6) is 0. The molecule has 1 heterocycles. The molecule has 0 radical (unpaired) electrons. The average molecular weight is 226 g/mol. The van der Waals surface area contributed by atoms with E-state index in [1.54, 1.807) is 11.7 Å². The van der Waals surface area contributed by atoms with Crippen LogP contribution in [0.1, 0.15) is 5.69 Å². The summed E-state index contributed by atoms with van der Waals surface area (Å²) in [6, 6.07) is 3.41. The number of methoxy groups -OCH3 is 1. The SMILES string of the molecule is COCCNc1cc(C)n(CCO)c(=O)c1. The molecule has 0 amide bonds. The van der Waals surface area contributed by atoms with Gasteiger partial charge in [-0.15, -0.1) is 0 Å². The van der Waals surface area contributed by atoms with Crippen LogP contribution in [0.4, 0.5) is 5.69 Å². The lowest BCUT2D eigenvalue weighted by Gasteiger charge is -2.11. The molecule has 0 atom stereocenters. The van der Waals surface area contributed by atoms with Gasteiger partial charge in [-0.25, -0.2) is 0 Å². The Morgan fingerprint density at radius 1 is 1.50 bits per heavy atom. The van der Waals surface area contributed by atoms with Gasteiger partial charge in [0.1, 0.15) is 0 Å². The van der Waals surface area contributed by atoms with Crippen molar-refractivity contribution in [2.24, 2.45) is 0 Å². The van der Waals surface area contributed by atoms with Crippen molar-refractivity contribution in [2.45, 2.75) is 13.5 Å². The Morgan fingerprint density at radius 2 is 2.25 bits per heavy atom. The Labute approximate surface area is 94.7 Å². The van der Waals surface area contributed by atoms with E-state index in [2.05, 4.69) is 5.32 Å². The predicted octanol–water partition coefficient (Wildman–Crippen LogP) is 0.207. The molecule has 0 bridgehead atoms. The van der Waals surface area contributed by atoms with Crippen LogP contribution < -0.4 is 10.9 Å². The van der Waals surface area contributed by atoms with Crippen LogP contribution in [-0.4, -0.2) is 36.5 Å². The normalized spacial score (nSPS) is 10.4. The lowest BCUT2D eigenvalue weighted by Crippen LogP contribution is -2.24. The third-order valence-corrected chi connectivity index (χ3v) is 2.29. The summed E-state index contributed by atoms with van der Waals surface area (Å²) in [7, 11) is 1.63. The van der Waals surface area contributed by atoms with E-state index in [9.17, 15) is 4.79 Å². The van der Waals surface area contributed by atoms with Gasteiger partial charge in [-0.2, -0.15) is 0 Å². The number of hydrogen-bond acceptors (Lipinski definition) is 4. The van der Waals surface area contributed by atoms with Crippen molar-refractivity contribution in [3.8, 4) is 0 Å². The van der Waals surface area contributed by atoms with Crippen LogP contribution >= 0.6 is 0 Å². The first-order chi connectivity index (χ1) is 7.69. The molecular weight excluding hydrogens is 208 g/mol. The van der Waals surface area contributed by atoms with Gasteiger partial charge >= 0.3 is 0 Å². The zero-order valence-corrected chi connectivity index (χ0v) is 9.69. The molecule has 0 unspecified atom stereocenters. The third-order valence-electron chi connectivity index (χ3n) is 2.29. The summed E-state index contributed by atoms with van der Waals surface area (Å²) in [6.45, 7) is 3.41. The first-order valence-electron chi connectivity index (χ1n) is 5.24. The Bertz CT molecular complexity index is 387. The number of hydrogen-bond donors (Lipinski definition) is 2. The monoisotopic (exact) mass is 226 g/mol. The van der Waals surface area contributed by atoms with Crippen LogP contribution in [0.15, 0.2) is 16.9 Å². The van der Waals surface area contributed by atoms with Crippen LogP contribution in [0.2, 0.25) is 0 Å². The zero-order valence-electron chi connectivity index (χ0n) is 9.69. The van der Waals surface area contributed by atoms with E-state index in [1.807, 2.05) is 13.0 Å². The Balaban J connectivity index is 2.79. The zero-order chi connectivity index (χ0) is 12.0. The van der Waals surface area contributed by atoms with Gasteiger partial charge in [-0.05, 0) is 13.0 Å². The van der Waals surface area contributed by atoms with Crippen molar-refractivity contribution < 1.29 is 9.84 Å². The molecule has 1 aromatic heterocycles. The van der Waals surface area contributed by atoms with E-state index in [0.717, 1.165) is 11.4 Å². The molecule has 0 aliphatic rings. The maximum Gasteiger partial charge on any atom is 0.252 e. The fourth-order valence-corrected chi connectivity index (χ4v) is 1.52. The highest BCUT2D eigenvalue weighted by Crippen LogP contribution is 2.06.